The van der Waals surface area contributed by atoms with Crippen LogP contribution >= 0.6 is 23.1 Å². The number of thiazole rings is 1. The average molecular weight is 490 g/mol. The van der Waals surface area contributed by atoms with Crippen molar-refractivity contribution in [3.05, 3.63) is 82.9 Å². The molecule has 3 aromatic rings. The standard InChI is InChI=1S/C21H19N2S2.HI/c1-22-16-10-6-8-12-18(16)24-20(22)14-4-3-5-15-21-23(2)17-11-7-9-13-19(17)25-21;/h3-15H,1-2H3;1H/q+1;/p-1. The molecule has 0 saturated heterocycles. The van der Waals surface area contributed by atoms with Gasteiger partial charge in [0.1, 0.15) is 11.7 Å². The van der Waals surface area contributed by atoms with E-state index in [1.54, 1.807) is 0 Å². The Hall–Kier alpha value is -1.57. The summed E-state index contributed by atoms with van der Waals surface area (Å²) in [6.45, 7) is 0. The fourth-order valence-corrected chi connectivity index (χ4v) is 5.00. The van der Waals surface area contributed by atoms with Crippen molar-refractivity contribution in [3.63, 3.8) is 0 Å². The van der Waals surface area contributed by atoms with E-state index in [0.717, 1.165) is 0 Å². The van der Waals surface area contributed by atoms with E-state index in [4.69, 9.17) is 0 Å². The number of para-hydroxylation sites is 2. The first kappa shape index (κ1) is 19.2. The van der Waals surface area contributed by atoms with Crippen molar-refractivity contribution in [1.82, 2.24) is 0 Å². The highest BCUT2D eigenvalue weighted by molar-refractivity contribution is 8.03. The lowest BCUT2D eigenvalue weighted by Crippen LogP contribution is -3.00. The molecule has 0 N–H and O–H groups in total. The SMILES string of the molecule is CN1C(=CC=CC=Cc2sc3ccccc3[n+]2C)Sc2ccccc21.[I-]. The number of aryl methyl sites for hydroxylation is 1. The molecule has 1 aliphatic rings. The number of benzene rings is 2. The Kier molecular flexibility index (Phi) is 6.21. The zero-order chi connectivity index (χ0) is 17.2. The molecule has 1 aromatic heterocycles. The zero-order valence-electron chi connectivity index (χ0n) is 14.6. The maximum atomic E-state index is 2.24. The van der Waals surface area contributed by atoms with Crippen LogP contribution in [0.2, 0.25) is 0 Å². The van der Waals surface area contributed by atoms with Crippen LogP contribution in [0.4, 0.5) is 5.69 Å². The number of aromatic nitrogens is 1. The number of halogens is 1. The third-order valence-corrected chi connectivity index (χ3v) is 6.61. The van der Waals surface area contributed by atoms with Crippen LogP contribution in [-0.4, -0.2) is 7.05 Å². The molecular weight excluding hydrogens is 471 g/mol. The fraction of sp³-hybridized carbons (Fsp3) is 0.0952. The van der Waals surface area contributed by atoms with Gasteiger partial charge in [-0.2, -0.15) is 4.57 Å². The third-order valence-electron chi connectivity index (χ3n) is 4.24. The van der Waals surface area contributed by atoms with E-state index in [2.05, 4.69) is 102 Å². The summed E-state index contributed by atoms with van der Waals surface area (Å²) in [5.74, 6) is 0. The number of fused-ring (bicyclic) bond motifs is 2. The number of rotatable bonds is 3. The molecule has 1 aliphatic heterocycles. The van der Waals surface area contributed by atoms with Crippen molar-refractivity contribution < 1.29 is 28.5 Å². The van der Waals surface area contributed by atoms with Crippen LogP contribution in [0.5, 0.6) is 0 Å². The predicted molar refractivity (Wildman–Crippen MR) is 110 cm³/mol. The number of allylic oxidation sites excluding steroid dienone is 4. The van der Waals surface area contributed by atoms with Crippen LogP contribution in [0, 0.1) is 0 Å². The normalized spacial score (nSPS) is 15.3. The van der Waals surface area contributed by atoms with Gasteiger partial charge in [-0.05, 0) is 24.3 Å². The molecule has 2 nitrogen and oxygen atoms in total. The summed E-state index contributed by atoms with van der Waals surface area (Å²) in [7, 11) is 4.23. The first-order valence-corrected chi connectivity index (χ1v) is 9.80. The Bertz CT molecular complexity index is 1020. The van der Waals surface area contributed by atoms with Crippen LogP contribution in [-0.2, 0) is 7.05 Å². The van der Waals surface area contributed by atoms with Crippen molar-refractivity contribution in [2.45, 2.75) is 4.90 Å². The topological polar surface area (TPSA) is 7.12 Å². The molecule has 26 heavy (non-hydrogen) atoms. The zero-order valence-corrected chi connectivity index (χ0v) is 18.4. The van der Waals surface area contributed by atoms with Gasteiger partial charge in [0.15, 0.2) is 0 Å². The first-order chi connectivity index (χ1) is 12.2. The van der Waals surface area contributed by atoms with Crippen molar-refractivity contribution >= 4 is 45.1 Å². The molecule has 132 valence electrons. The highest BCUT2D eigenvalue weighted by atomic mass is 127. The Morgan fingerprint density at radius 1 is 0.962 bits per heavy atom. The van der Waals surface area contributed by atoms with Crippen LogP contribution in [0.25, 0.3) is 16.3 Å². The summed E-state index contributed by atoms with van der Waals surface area (Å²) in [5, 5.41) is 2.50. The molecule has 0 atom stereocenters. The summed E-state index contributed by atoms with van der Waals surface area (Å²) < 4.78 is 3.55. The molecule has 0 aliphatic carbocycles. The monoisotopic (exact) mass is 490 g/mol. The summed E-state index contributed by atoms with van der Waals surface area (Å²) in [5.41, 5.74) is 2.56. The molecule has 0 fully saturated rings. The summed E-state index contributed by atoms with van der Waals surface area (Å²) in [4.78, 5) is 3.55. The van der Waals surface area contributed by atoms with E-state index < -0.39 is 0 Å². The van der Waals surface area contributed by atoms with Gasteiger partial charge in [0.25, 0.3) is 5.01 Å². The van der Waals surface area contributed by atoms with Crippen molar-refractivity contribution in [2.24, 2.45) is 7.05 Å². The van der Waals surface area contributed by atoms with Crippen LogP contribution in [0.15, 0.2) is 82.8 Å². The minimum Gasteiger partial charge on any atom is -1.00 e. The molecular formula is C21H19IN2S2. The van der Waals surface area contributed by atoms with E-state index in [1.165, 1.54) is 30.8 Å². The molecule has 2 heterocycles. The molecule has 0 amide bonds. The van der Waals surface area contributed by atoms with Gasteiger partial charge < -0.3 is 28.9 Å². The number of thioether (sulfide) groups is 1. The molecule has 5 heteroatoms. The minimum absolute atomic E-state index is 0. The Morgan fingerprint density at radius 3 is 2.54 bits per heavy atom. The highest BCUT2D eigenvalue weighted by Crippen LogP contribution is 2.44. The van der Waals surface area contributed by atoms with E-state index in [-0.39, 0.29) is 24.0 Å². The van der Waals surface area contributed by atoms with Gasteiger partial charge in [0, 0.05) is 24.1 Å². The smallest absolute Gasteiger partial charge is 0.262 e. The van der Waals surface area contributed by atoms with Crippen molar-refractivity contribution in [3.8, 4) is 0 Å². The maximum Gasteiger partial charge on any atom is 0.262 e. The first-order valence-electron chi connectivity index (χ1n) is 8.17. The molecule has 0 radical (unpaired) electrons. The van der Waals surface area contributed by atoms with Gasteiger partial charge in [0.2, 0.25) is 5.52 Å². The Labute approximate surface area is 179 Å². The summed E-state index contributed by atoms with van der Waals surface area (Å²) in [6, 6.07) is 17.0. The summed E-state index contributed by atoms with van der Waals surface area (Å²) >= 11 is 3.63. The van der Waals surface area contributed by atoms with Crippen molar-refractivity contribution in [1.29, 1.82) is 0 Å². The highest BCUT2D eigenvalue weighted by Gasteiger charge is 2.20. The number of nitrogens with zero attached hydrogens (tertiary/aromatic N) is 2. The van der Waals surface area contributed by atoms with Gasteiger partial charge in [0.05, 0.1) is 10.7 Å². The molecule has 4 rings (SSSR count). The number of hydrogen-bond acceptors (Lipinski definition) is 3. The third kappa shape index (κ3) is 3.75. The Balaban J connectivity index is 0.00000196. The lowest BCUT2D eigenvalue weighted by Gasteiger charge is -2.12. The predicted octanol–water partition coefficient (Wildman–Crippen LogP) is 2.38. The second kappa shape index (κ2) is 8.41. The number of anilines is 1. The Morgan fingerprint density at radius 2 is 1.73 bits per heavy atom. The largest absolute Gasteiger partial charge is 1.00 e. The number of hydrogen-bond donors (Lipinski definition) is 0. The minimum atomic E-state index is 0. The van der Waals surface area contributed by atoms with Crippen LogP contribution in [0.3, 0.4) is 0 Å². The molecule has 2 aromatic carbocycles. The molecule has 0 unspecified atom stereocenters. The van der Waals surface area contributed by atoms with Gasteiger partial charge >= 0.3 is 0 Å². The fourth-order valence-electron chi connectivity index (χ4n) is 2.87. The van der Waals surface area contributed by atoms with E-state index in [9.17, 15) is 0 Å². The molecule has 0 bridgehead atoms. The van der Waals surface area contributed by atoms with Gasteiger partial charge in [-0.1, -0.05) is 65.6 Å². The average Bonchev–Trinajstić information content (AvgIpc) is 3.13. The summed E-state index contributed by atoms with van der Waals surface area (Å²) in [6.07, 6.45) is 10.6. The molecule has 0 spiro atoms. The molecule has 0 saturated carbocycles. The van der Waals surface area contributed by atoms with E-state index in [1.807, 2.05) is 23.1 Å². The van der Waals surface area contributed by atoms with Crippen LogP contribution < -0.4 is 33.4 Å². The quantitative estimate of drug-likeness (QED) is 0.316. The van der Waals surface area contributed by atoms with Gasteiger partial charge in [-0.25, -0.2) is 0 Å². The second-order valence-corrected chi connectivity index (χ2v) is 7.97. The van der Waals surface area contributed by atoms with Crippen LogP contribution in [0.1, 0.15) is 5.01 Å². The van der Waals surface area contributed by atoms with E-state index >= 15 is 0 Å². The van der Waals surface area contributed by atoms with Crippen molar-refractivity contribution in [2.75, 3.05) is 11.9 Å². The van der Waals surface area contributed by atoms with E-state index in [0.29, 0.717) is 0 Å². The van der Waals surface area contributed by atoms with Gasteiger partial charge in [-0.3, -0.25) is 0 Å². The maximum absolute atomic E-state index is 2.24. The van der Waals surface area contributed by atoms with Gasteiger partial charge in [-0.15, -0.1) is 0 Å². The second-order valence-electron chi connectivity index (χ2n) is 5.84. The lowest BCUT2D eigenvalue weighted by molar-refractivity contribution is -0.642. The lowest BCUT2D eigenvalue weighted by atomic mass is 10.3.